The van der Waals surface area contributed by atoms with Gasteiger partial charge in [-0.25, -0.2) is 0 Å². The smallest absolute Gasteiger partial charge is 0.296 e. The molecule has 6 nitrogen and oxygen atoms in total. The standard InChI is InChI=1S/C42H37O6P3/c1-41(2,3)50-45-31-19-9-14-26-22-24-12-7-16-28(34(24)39(47-50)36(26)31)29-17-11-21-33(49(43)44)38(29)30-18-8-13-25-23-27-15-10-20-32-37(27)40(35(25)30)48-51(46-32)42(4,5)6/h7-23,43-44H,1-6H3. The van der Waals surface area contributed by atoms with Crippen molar-refractivity contribution in [3.8, 4) is 45.3 Å². The van der Waals surface area contributed by atoms with Crippen LogP contribution < -0.4 is 23.4 Å². The molecule has 7 aromatic carbocycles. The molecule has 0 spiro atoms. The van der Waals surface area contributed by atoms with E-state index >= 15 is 0 Å². The Morgan fingerprint density at radius 2 is 0.882 bits per heavy atom. The van der Waals surface area contributed by atoms with Crippen LogP contribution in [0.15, 0.2) is 103 Å². The Balaban J connectivity index is 1.39. The number of hydrogen-bond donors (Lipinski definition) is 2. The second kappa shape index (κ2) is 11.8. The molecule has 2 aliphatic heterocycles. The van der Waals surface area contributed by atoms with Crippen molar-refractivity contribution in [2.45, 2.75) is 51.9 Å². The molecule has 0 saturated heterocycles. The summed E-state index contributed by atoms with van der Waals surface area (Å²) in [6.07, 6.45) is 0. The van der Waals surface area contributed by atoms with E-state index in [1.807, 2.05) is 42.5 Å². The van der Waals surface area contributed by atoms with E-state index in [4.69, 9.17) is 18.1 Å². The molecule has 2 aliphatic rings. The van der Waals surface area contributed by atoms with Crippen molar-refractivity contribution in [1.29, 1.82) is 0 Å². The highest BCUT2D eigenvalue weighted by Crippen LogP contribution is 2.62. The van der Waals surface area contributed by atoms with E-state index in [2.05, 4.69) is 102 Å². The number of rotatable bonds is 3. The van der Waals surface area contributed by atoms with Crippen molar-refractivity contribution in [2.75, 3.05) is 0 Å². The lowest BCUT2D eigenvalue weighted by atomic mass is 9.87. The van der Waals surface area contributed by atoms with Crippen molar-refractivity contribution >= 4 is 73.5 Å². The molecular formula is C42H37O6P3. The summed E-state index contributed by atoms with van der Waals surface area (Å²) in [5.74, 6) is 3.19. The van der Waals surface area contributed by atoms with Crippen LogP contribution in [0.2, 0.25) is 0 Å². The predicted molar refractivity (Wildman–Crippen MR) is 214 cm³/mol. The monoisotopic (exact) mass is 730 g/mol. The Morgan fingerprint density at radius 3 is 1.37 bits per heavy atom. The van der Waals surface area contributed by atoms with E-state index in [0.717, 1.165) is 88.3 Å². The first kappa shape index (κ1) is 32.9. The summed E-state index contributed by atoms with van der Waals surface area (Å²) in [6, 6.07) is 34.9. The van der Waals surface area contributed by atoms with Gasteiger partial charge in [0.05, 0.1) is 21.1 Å². The Labute approximate surface area is 300 Å². The lowest BCUT2D eigenvalue weighted by molar-refractivity contribution is 0.448. The van der Waals surface area contributed by atoms with Gasteiger partial charge in [0.1, 0.15) is 23.0 Å². The molecule has 0 amide bonds. The lowest BCUT2D eigenvalue weighted by Gasteiger charge is -2.34. The third kappa shape index (κ3) is 5.27. The molecule has 2 heterocycles. The summed E-state index contributed by atoms with van der Waals surface area (Å²) in [7, 11) is -5.12. The predicted octanol–water partition coefficient (Wildman–Crippen LogP) is 12.3. The fraction of sp³-hybridized carbons (Fsp3) is 0.190. The van der Waals surface area contributed by atoms with Crippen molar-refractivity contribution in [1.82, 2.24) is 0 Å². The van der Waals surface area contributed by atoms with Gasteiger partial charge >= 0.3 is 0 Å². The van der Waals surface area contributed by atoms with Crippen LogP contribution in [0.1, 0.15) is 41.5 Å². The Kier molecular flexibility index (Phi) is 7.58. The van der Waals surface area contributed by atoms with Gasteiger partial charge in [0.15, 0.2) is 8.38 Å². The van der Waals surface area contributed by atoms with E-state index in [9.17, 15) is 9.79 Å². The quantitative estimate of drug-likeness (QED) is 0.139. The molecule has 0 aliphatic carbocycles. The average molecular weight is 731 g/mol. The fourth-order valence-electron chi connectivity index (χ4n) is 7.21. The summed E-state index contributed by atoms with van der Waals surface area (Å²) in [4.78, 5) is 22.1. The van der Waals surface area contributed by atoms with Gasteiger partial charge in [-0.1, -0.05) is 72.8 Å². The van der Waals surface area contributed by atoms with Gasteiger partial charge < -0.3 is 27.9 Å². The Morgan fingerprint density at radius 1 is 0.471 bits per heavy atom. The molecule has 7 aromatic rings. The maximum atomic E-state index is 11.1. The highest BCUT2D eigenvalue weighted by atomic mass is 31.2. The molecule has 0 fully saturated rings. The zero-order chi connectivity index (χ0) is 35.4. The number of hydrogen-bond acceptors (Lipinski definition) is 6. The minimum absolute atomic E-state index is 0.233. The molecule has 2 N–H and O–H groups in total. The van der Waals surface area contributed by atoms with Crippen molar-refractivity contribution in [3.63, 3.8) is 0 Å². The fourth-order valence-corrected chi connectivity index (χ4v) is 10.4. The average Bonchev–Trinajstić information content (AvgIpc) is 3.10. The highest BCUT2D eigenvalue weighted by molar-refractivity contribution is 7.54. The minimum atomic E-state index is -2.48. The zero-order valence-corrected chi connectivity index (χ0v) is 31.9. The molecule has 256 valence electrons. The second-order valence-electron chi connectivity index (χ2n) is 15.1. The maximum absolute atomic E-state index is 11.1. The van der Waals surface area contributed by atoms with Crippen LogP contribution in [-0.2, 0) is 0 Å². The van der Waals surface area contributed by atoms with Gasteiger partial charge in [-0.3, -0.25) is 0 Å². The molecule has 0 radical (unpaired) electrons. The van der Waals surface area contributed by atoms with Crippen LogP contribution in [0, 0.1) is 0 Å². The molecule has 9 rings (SSSR count). The van der Waals surface area contributed by atoms with Gasteiger partial charge in [0.25, 0.3) is 16.8 Å². The van der Waals surface area contributed by atoms with Gasteiger partial charge in [0, 0.05) is 21.6 Å². The number of fused-ring (bicyclic) bond motifs is 4. The van der Waals surface area contributed by atoms with E-state index in [0.29, 0.717) is 5.30 Å². The Bertz CT molecular complexity index is 2570. The van der Waals surface area contributed by atoms with Gasteiger partial charge in [0.2, 0.25) is 0 Å². The first-order valence-corrected chi connectivity index (χ1v) is 20.6. The molecular weight excluding hydrogens is 693 g/mol. The van der Waals surface area contributed by atoms with Crippen molar-refractivity contribution in [3.05, 3.63) is 103 Å². The SMILES string of the molecule is CC(C)(C)P1Oc2cccc3cc4cccc(-c5cccc(P(O)O)c5-c5cccc6cc7cccc8c7c(c56)OP(C(C)(C)C)O8)c4c(c23)O1. The van der Waals surface area contributed by atoms with Crippen LogP contribution in [0.5, 0.6) is 23.0 Å². The Hall–Kier alpha value is -4.01. The highest BCUT2D eigenvalue weighted by Gasteiger charge is 2.38. The summed E-state index contributed by atoms with van der Waals surface area (Å²) in [6.45, 7) is 12.8. The first-order chi connectivity index (χ1) is 24.4. The number of benzene rings is 7. The second-order valence-corrected chi connectivity index (χ2v) is 20.6. The molecule has 0 bridgehead atoms. The van der Waals surface area contributed by atoms with Gasteiger partial charge in [-0.05, 0) is 110 Å². The van der Waals surface area contributed by atoms with Crippen LogP contribution in [-0.4, -0.2) is 20.1 Å². The molecule has 0 aromatic heterocycles. The van der Waals surface area contributed by atoms with Crippen LogP contribution in [0.4, 0.5) is 0 Å². The maximum Gasteiger partial charge on any atom is 0.296 e. The summed E-state index contributed by atoms with van der Waals surface area (Å²) in [5, 5.41) is 7.84. The van der Waals surface area contributed by atoms with E-state index in [1.165, 1.54) is 0 Å². The zero-order valence-electron chi connectivity index (χ0n) is 29.2. The van der Waals surface area contributed by atoms with Gasteiger partial charge in [-0.15, -0.1) is 0 Å². The van der Waals surface area contributed by atoms with Crippen LogP contribution in [0.25, 0.3) is 65.3 Å². The topological polar surface area (TPSA) is 77.4 Å². The molecule has 0 saturated carbocycles. The molecule has 9 heteroatoms. The van der Waals surface area contributed by atoms with Crippen LogP contribution >= 0.6 is 25.1 Å². The summed E-state index contributed by atoms with van der Waals surface area (Å²) >= 11 is 0. The largest absolute Gasteiger partial charge is 0.437 e. The third-order valence-electron chi connectivity index (χ3n) is 9.46. The minimum Gasteiger partial charge on any atom is -0.437 e. The van der Waals surface area contributed by atoms with Crippen molar-refractivity contribution < 1.29 is 27.9 Å². The van der Waals surface area contributed by atoms with Crippen molar-refractivity contribution in [2.24, 2.45) is 0 Å². The first-order valence-electron chi connectivity index (χ1n) is 17.0. The van der Waals surface area contributed by atoms with E-state index in [-0.39, 0.29) is 10.3 Å². The molecule has 2 unspecified atom stereocenters. The summed E-state index contributed by atoms with van der Waals surface area (Å²) < 4.78 is 26.8. The molecule has 51 heavy (non-hydrogen) atoms. The lowest BCUT2D eigenvalue weighted by Crippen LogP contribution is -2.20. The third-order valence-corrected chi connectivity index (χ3v) is 13.9. The van der Waals surface area contributed by atoms with E-state index < -0.39 is 25.1 Å². The van der Waals surface area contributed by atoms with E-state index in [1.54, 1.807) is 0 Å². The van der Waals surface area contributed by atoms with Crippen LogP contribution in [0.3, 0.4) is 0 Å². The van der Waals surface area contributed by atoms with Gasteiger partial charge in [-0.2, -0.15) is 0 Å². The molecule has 2 atom stereocenters. The normalized spacial score (nSPS) is 17.0. The summed E-state index contributed by atoms with van der Waals surface area (Å²) in [5.41, 5.74) is 3.42.